The molecule has 24 heavy (non-hydrogen) atoms. The predicted octanol–water partition coefficient (Wildman–Crippen LogP) is 2.74. The average Bonchev–Trinajstić information content (AvgIpc) is 2.67. The Morgan fingerprint density at radius 1 is 1.21 bits per heavy atom. The van der Waals surface area contributed by atoms with Crippen LogP contribution in [0.25, 0.3) is 0 Å². The summed E-state index contributed by atoms with van der Waals surface area (Å²) < 4.78 is 0. The van der Waals surface area contributed by atoms with Gasteiger partial charge in [-0.3, -0.25) is 4.98 Å². The second-order valence-corrected chi connectivity index (χ2v) is 6.20. The van der Waals surface area contributed by atoms with Crippen molar-refractivity contribution < 1.29 is 9.90 Å². The third-order valence-corrected chi connectivity index (χ3v) is 4.58. The standard InChI is InChI=1S/C19H23N3O2/c23-18(16-6-2-1-3-7-16)17-8-11-22(12-9-17)19(24)21-14-15-5-4-10-20-13-15/h1-7,10,13,17-18,23H,8-9,11-12,14H2,(H,21,24). The van der Waals surface area contributed by atoms with Crippen molar-refractivity contribution in [2.45, 2.75) is 25.5 Å². The van der Waals surface area contributed by atoms with Crippen molar-refractivity contribution in [3.05, 3.63) is 66.0 Å². The van der Waals surface area contributed by atoms with Crippen molar-refractivity contribution in [2.75, 3.05) is 13.1 Å². The van der Waals surface area contributed by atoms with E-state index < -0.39 is 6.10 Å². The maximum Gasteiger partial charge on any atom is 0.317 e. The summed E-state index contributed by atoms with van der Waals surface area (Å²) in [4.78, 5) is 18.1. The Kier molecular flexibility index (Phi) is 5.43. The number of urea groups is 1. The molecule has 0 bridgehead atoms. The molecule has 0 aliphatic carbocycles. The number of piperidine rings is 1. The Balaban J connectivity index is 1.47. The number of nitrogens with one attached hydrogen (secondary N) is 1. The van der Waals surface area contributed by atoms with Crippen LogP contribution < -0.4 is 5.32 Å². The average molecular weight is 325 g/mol. The maximum absolute atomic E-state index is 12.2. The third kappa shape index (κ3) is 4.11. The fraction of sp³-hybridized carbons (Fsp3) is 0.368. The largest absolute Gasteiger partial charge is 0.388 e. The molecule has 1 saturated heterocycles. The minimum absolute atomic E-state index is 0.0495. The number of likely N-dealkylation sites (tertiary alicyclic amines) is 1. The zero-order valence-corrected chi connectivity index (χ0v) is 13.6. The zero-order chi connectivity index (χ0) is 16.8. The van der Waals surface area contributed by atoms with Gasteiger partial charge in [0.2, 0.25) is 0 Å². The maximum atomic E-state index is 12.2. The Morgan fingerprint density at radius 3 is 2.62 bits per heavy atom. The van der Waals surface area contributed by atoms with Gasteiger partial charge in [0.1, 0.15) is 0 Å². The quantitative estimate of drug-likeness (QED) is 0.908. The van der Waals surface area contributed by atoms with E-state index in [4.69, 9.17) is 0 Å². The number of aromatic nitrogens is 1. The van der Waals surface area contributed by atoms with E-state index in [1.165, 1.54) is 0 Å². The smallest absolute Gasteiger partial charge is 0.317 e. The van der Waals surface area contributed by atoms with Gasteiger partial charge in [-0.25, -0.2) is 4.79 Å². The molecule has 5 heteroatoms. The lowest BCUT2D eigenvalue weighted by atomic mass is 9.87. The van der Waals surface area contributed by atoms with E-state index in [1.54, 1.807) is 12.4 Å². The monoisotopic (exact) mass is 325 g/mol. The van der Waals surface area contributed by atoms with Crippen LogP contribution in [-0.4, -0.2) is 34.1 Å². The van der Waals surface area contributed by atoms with Crippen LogP contribution in [0.2, 0.25) is 0 Å². The van der Waals surface area contributed by atoms with Crippen LogP contribution in [0, 0.1) is 5.92 Å². The Labute approximate surface area is 142 Å². The van der Waals surface area contributed by atoms with Gasteiger partial charge in [-0.05, 0) is 36.0 Å². The predicted molar refractivity (Wildman–Crippen MR) is 92.2 cm³/mol. The summed E-state index contributed by atoms with van der Waals surface area (Å²) in [5.74, 6) is 0.203. The lowest BCUT2D eigenvalue weighted by Gasteiger charge is -2.34. The van der Waals surface area contributed by atoms with Gasteiger partial charge < -0.3 is 15.3 Å². The van der Waals surface area contributed by atoms with Gasteiger partial charge in [-0.1, -0.05) is 36.4 Å². The number of rotatable bonds is 4. The Hall–Kier alpha value is -2.40. The number of hydrogen-bond donors (Lipinski definition) is 2. The van der Waals surface area contributed by atoms with Crippen molar-refractivity contribution >= 4 is 6.03 Å². The summed E-state index contributed by atoms with van der Waals surface area (Å²) in [6.07, 6.45) is 4.65. The number of hydrogen-bond acceptors (Lipinski definition) is 3. The van der Waals surface area contributed by atoms with E-state index in [-0.39, 0.29) is 11.9 Å². The van der Waals surface area contributed by atoms with Crippen LogP contribution in [0.4, 0.5) is 4.79 Å². The molecule has 0 spiro atoms. The van der Waals surface area contributed by atoms with E-state index in [9.17, 15) is 9.90 Å². The normalized spacial score (nSPS) is 16.6. The molecular formula is C19H23N3O2. The molecule has 1 fully saturated rings. The molecule has 0 saturated carbocycles. The Bertz CT molecular complexity index is 640. The topological polar surface area (TPSA) is 65.5 Å². The molecule has 2 aromatic rings. The van der Waals surface area contributed by atoms with Gasteiger partial charge in [-0.2, -0.15) is 0 Å². The van der Waals surface area contributed by atoms with Crippen LogP contribution in [0.1, 0.15) is 30.1 Å². The summed E-state index contributed by atoms with van der Waals surface area (Å²) in [6.45, 7) is 1.83. The third-order valence-electron chi connectivity index (χ3n) is 4.58. The van der Waals surface area contributed by atoms with Crippen molar-refractivity contribution in [3.8, 4) is 0 Å². The van der Waals surface area contributed by atoms with Crippen molar-refractivity contribution in [1.82, 2.24) is 15.2 Å². The molecule has 1 unspecified atom stereocenters. The molecule has 2 amide bonds. The van der Waals surface area contributed by atoms with Crippen LogP contribution in [-0.2, 0) is 6.54 Å². The highest BCUT2D eigenvalue weighted by molar-refractivity contribution is 5.74. The molecule has 2 heterocycles. The van der Waals surface area contributed by atoms with Crippen LogP contribution in [0.15, 0.2) is 54.9 Å². The molecule has 0 radical (unpaired) electrons. The van der Waals surface area contributed by atoms with E-state index in [0.717, 1.165) is 24.0 Å². The van der Waals surface area contributed by atoms with Crippen molar-refractivity contribution in [1.29, 1.82) is 0 Å². The molecule has 1 aromatic carbocycles. The first-order valence-corrected chi connectivity index (χ1v) is 8.39. The number of aliphatic hydroxyl groups excluding tert-OH is 1. The molecule has 1 atom stereocenters. The molecule has 1 aliphatic rings. The van der Waals surface area contributed by atoms with E-state index in [2.05, 4.69) is 10.3 Å². The highest BCUT2D eigenvalue weighted by Gasteiger charge is 2.28. The summed E-state index contributed by atoms with van der Waals surface area (Å²) in [5, 5.41) is 13.4. The molecule has 2 N–H and O–H groups in total. The highest BCUT2D eigenvalue weighted by atomic mass is 16.3. The van der Waals surface area contributed by atoms with Crippen LogP contribution in [0.3, 0.4) is 0 Å². The lowest BCUT2D eigenvalue weighted by Crippen LogP contribution is -2.44. The minimum atomic E-state index is -0.452. The van der Waals surface area contributed by atoms with Gasteiger partial charge >= 0.3 is 6.03 Å². The number of amides is 2. The molecule has 126 valence electrons. The van der Waals surface area contributed by atoms with Gasteiger partial charge in [0.25, 0.3) is 0 Å². The highest BCUT2D eigenvalue weighted by Crippen LogP contribution is 2.30. The van der Waals surface area contributed by atoms with Crippen LogP contribution in [0.5, 0.6) is 0 Å². The number of aliphatic hydroxyl groups is 1. The van der Waals surface area contributed by atoms with E-state index >= 15 is 0 Å². The molecule has 5 nitrogen and oxygen atoms in total. The lowest BCUT2D eigenvalue weighted by molar-refractivity contribution is 0.0665. The van der Waals surface area contributed by atoms with Gasteiger partial charge in [0.15, 0.2) is 0 Å². The molecule has 1 aromatic heterocycles. The minimum Gasteiger partial charge on any atom is -0.388 e. The first-order valence-electron chi connectivity index (χ1n) is 8.39. The summed E-state index contributed by atoms with van der Waals surface area (Å²) in [6, 6.07) is 13.5. The Morgan fingerprint density at radius 2 is 1.96 bits per heavy atom. The number of carbonyl (C=O) groups is 1. The second kappa shape index (κ2) is 7.93. The molecular weight excluding hydrogens is 302 g/mol. The number of carbonyl (C=O) groups excluding carboxylic acids is 1. The van der Waals surface area contributed by atoms with Gasteiger partial charge in [-0.15, -0.1) is 0 Å². The van der Waals surface area contributed by atoms with Gasteiger partial charge in [0, 0.05) is 32.0 Å². The summed E-state index contributed by atoms with van der Waals surface area (Å²) in [7, 11) is 0. The number of nitrogens with zero attached hydrogens (tertiary/aromatic N) is 2. The zero-order valence-electron chi connectivity index (χ0n) is 13.6. The van der Waals surface area contributed by atoms with Gasteiger partial charge in [0.05, 0.1) is 6.10 Å². The first kappa shape index (κ1) is 16.5. The molecule has 3 rings (SSSR count). The summed E-state index contributed by atoms with van der Waals surface area (Å²) in [5.41, 5.74) is 1.94. The summed E-state index contributed by atoms with van der Waals surface area (Å²) >= 11 is 0. The number of benzene rings is 1. The fourth-order valence-corrected chi connectivity index (χ4v) is 3.13. The molecule has 1 aliphatic heterocycles. The number of pyridine rings is 1. The van der Waals surface area contributed by atoms with Crippen LogP contribution >= 0.6 is 0 Å². The fourth-order valence-electron chi connectivity index (χ4n) is 3.13. The van der Waals surface area contributed by atoms with Crippen molar-refractivity contribution in [3.63, 3.8) is 0 Å². The first-order chi connectivity index (χ1) is 11.7. The second-order valence-electron chi connectivity index (χ2n) is 6.20. The van der Waals surface area contributed by atoms with E-state index in [1.807, 2.05) is 47.4 Å². The van der Waals surface area contributed by atoms with E-state index in [0.29, 0.717) is 19.6 Å². The SMILES string of the molecule is O=C(NCc1cccnc1)N1CCC(C(O)c2ccccc2)CC1. The van der Waals surface area contributed by atoms with Crippen molar-refractivity contribution in [2.24, 2.45) is 5.92 Å².